The Hall–Kier alpha value is -1.39. The number of hydrogen-bond acceptors (Lipinski definition) is 3. The van der Waals surface area contributed by atoms with Crippen molar-refractivity contribution in [3.8, 4) is 0 Å². The second kappa shape index (κ2) is 7.57. The molecule has 1 saturated heterocycles. The second-order valence-electron chi connectivity index (χ2n) is 5.82. The predicted octanol–water partition coefficient (Wildman–Crippen LogP) is 2.00. The molecule has 0 bridgehead atoms. The van der Waals surface area contributed by atoms with E-state index in [1.807, 2.05) is 18.2 Å². The van der Waals surface area contributed by atoms with E-state index in [-0.39, 0.29) is 18.0 Å². The summed E-state index contributed by atoms with van der Waals surface area (Å²) in [5, 5.41) is 15.8. The average molecular weight is 290 g/mol. The van der Waals surface area contributed by atoms with Crippen molar-refractivity contribution >= 4 is 5.91 Å². The molecule has 1 heterocycles. The van der Waals surface area contributed by atoms with Crippen LogP contribution < -0.4 is 10.6 Å². The lowest BCUT2D eigenvalue weighted by atomic mass is 9.88. The number of hydrogen-bond donors (Lipinski definition) is 3. The SMILES string of the molecule is CCC(CC)C(NC(=O)C1CC(O)CN1)c1ccccc1. The first-order valence-corrected chi connectivity index (χ1v) is 7.92. The van der Waals surface area contributed by atoms with E-state index in [1.54, 1.807) is 0 Å². The standard InChI is InChI=1S/C17H26N2O2/c1-3-12(4-2)16(13-8-6-5-7-9-13)19-17(21)15-10-14(20)11-18-15/h5-9,12,14-16,18,20H,3-4,10-11H2,1-2H3,(H,19,21). The van der Waals surface area contributed by atoms with Crippen molar-refractivity contribution in [2.75, 3.05) is 6.54 Å². The van der Waals surface area contributed by atoms with Gasteiger partial charge in [-0.3, -0.25) is 4.79 Å². The van der Waals surface area contributed by atoms with E-state index in [0.717, 1.165) is 18.4 Å². The summed E-state index contributed by atoms with van der Waals surface area (Å²) in [6, 6.07) is 9.90. The van der Waals surface area contributed by atoms with Crippen molar-refractivity contribution < 1.29 is 9.90 Å². The van der Waals surface area contributed by atoms with Crippen LogP contribution in [-0.4, -0.2) is 29.7 Å². The van der Waals surface area contributed by atoms with Gasteiger partial charge in [-0.2, -0.15) is 0 Å². The summed E-state index contributed by atoms with van der Waals surface area (Å²) in [4.78, 5) is 12.4. The normalized spacial score (nSPS) is 23.2. The van der Waals surface area contributed by atoms with Crippen LogP contribution in [0, 0.1) is 5.92 Å². The monoisotopic (exact) mass is 290 g/mol. The van der Waals surface area contributed by atoms with Crippen molar-refractivity contribution in [3.63, 3.8) is 0 Å². The van der Waals surface area contributed by atoms with Crippen LogP contribution in [0.1, 0.15) is 44.7 Å². The third-order valence-corrected chi connectivity index (χ3v) is 4.40. The Morgan fingerprint density at radius 2 is 2.00 bits per heavy atom. The number of β-amino-alcohol motifs (C(OH)–C–C–N with tert-alkyl or cyclic N) is 1. The van der Waals surface area contributed by atoms with Gasteiger partial charge >= 0.3 is 0 Å². The fourth-order valence-corrected chi connectivity index (χ4v) is 3.06. The molecule has 21 heavy (non-hydrogen) atoms. The first-order chi connectivity index (χ1) is 10.2. The molecule has 0 aromatic heterocycles. The van der Waals surface area contributed by atoms with Gasteiger partial charge in [0, 0.05) is 6.54 Å². The van der Waals surface area contributed by atoms with Crippen molar-refractivity contribution in [1.82, 2.24) is 10.6 Å². The Kier molecular flexibility index (Phi) is 5.76. The number of aliphatic hydroxyl groups is 1. The Morgan fingerprint density at radius 3 is 2.52 bits per heavy atom. The average Bonchev–Trinajstić information content (AvgIpc) is 2.95. The highest BCUT2D eigenvalue weighted by Gasteiger charge is 2.31. The molecule has 0 spiro atoms. The summed E-state index contributed by atoms with van der Waals surface area (Å²) < 4.78 is 0. The largest absolute Gasteiger partial charge is 0.392 e. The van der Waals surface area contributed by atoms with Crippen LogP contribution in [0.4, 0.5) is 0 Å². The van der Waals surface area contributed by atoms with Crippen LogP contribution in [-0.2, 0) is 4.79 Å². The number of carbonyl (C=O) groups is 1. The lowest BCUT2D eigenvalue weighted by Crippen LogP contribution is -2.43. The Balaban J connectivity index is 2.10. The third kappa shape index (κ3) is 4.05. The van der Waals surface area contributed by atoms with Crippen LogP contribution in [0.15, 0.2) is 30.3 Å². The summed E-state index contributed by atoms with van der Waals surface area (Å²) in [6.45, 7) is 4.82. The maximum atomic E-state index is 12.4. The molecule has 1 amide bonds. The van der Waals surface area contributed by atoms with Crippen molar-refractivity contribution in [1.29, 1.82) is 0 Å². The number of rotatable bonds is 6. The van der Waals surface area contributed by atoms with E-state index in [4.69, 9.17) is 0 Å². The first kappa shape index (κ1) is 16.0. The number of amides is 1. The van der Waals surface area contributed by atoms with Gasteiger partial charge in [0.1, 0.15) is 0 Å². The molecule has 116 valence electrons. The highest BCUT2D eigenvalue weighted by Crippen LogP contribution is 2.27. The van der Waals surface area contributed by atoms with E-state index >= 15 is 0 Å². The zero-order valence-corrected chi connectivity index (χ0v) is 12.9. The smallest absolute Gasteiger partial charge is 0.237 e. The Labute approximate surface area is 126 Å². The zero-order valence-electron chi connectivity index (χ0n) is 12.9. The van der Waals surface area contributed by atoms with E-state index < -0.39 is 6.10 Å². The lowest BCUT2D eigenvalue weighted by Gasteiger charge is -2.28. The summed E-state index contributed by atoms with van der Waals surface area (Å²) in [5.41, 5.74) is 1.15. The van der Waals surface area contributed by atoms with Gasteiger partial charge in [-0.15, -0.1) is 0 Å². The van der Waals surface area contributed by atoms with Gasteiger partial charge in [0.15, 0.2) is 0 Å². The molecular formula is C17H26N2O2. The number of carbonyl (C=O) groups excluding carboxylic acids is 1. The molecule has 2 rings (SSSR count). The molecule has 0 aliphatic carbocycles. The molecule has 4 nitrogen and oxygen atoms in total. The molecule has 1 aliphatic rings. The molecule has 1 aromatic rings. The molecular weight excluding hydrogens is 264 g/mol. The number of benzene rings is 1. The highest BCUT2D eigenvalue weighted by atomic mass is 16.3. The summed E-state index contributed by atoms with van der Waals surface area (Å²) in [5.74, 6) is 0.412. The first-order valence-electron chi connectivity index (χ1n) is 7.92. The maximum Gasteiger partial charge on any atom is 0.237 e. The minimum absolute atomic E-state index is 0.00713. The fourth-order valence-electron chi connectivity index (χ4n) is 3.06. The fraction of sp³-hybridized carbons (Fsp3) is 0.588. The lowest BCUT2D eigenvalue weighted by molar-refractivity contribution is -0.124. The van der Waals surface area contributed by atoms with Gasteiger partial charge in [0.2, 0.25) is 5.91 Å². The van der Waals surface area contributed by atoms with Gasteiger partial charge in [0.05, 0.1) is 18.2 Å². The Bertz CT molecular complexity index is 445. The molecule has 3 unspecified atom stereocenters. The van der Waals surface area contributed by atoms with Gasteiger partial charge in [-0.25, -0.2) is 0 Å². The molecule has 1 aliphatic heterocycles. The highest BCUT2D eigenvalue weighted by molar-refractivity contribution is 5.82. The van der Waals surface area contributed by atoms with Gasteiger partial charge in [-0.1, -0.05) is 57.0 Å². The van der Waals surface area contributed by atoms with Gasteiger partial charge in [-0.05, 0) is 17.9 Å². The maximum absolute atomic E-state index is 12.4. The molecule has 1 aromatic carbocycles. The molecule has 4 heteroatoms. The van der Waals surface area contributed by atoms with Gasteiger partial charge in [0.25, 0.3) is 0 Å². The third-order valence-electron chi connectivity index (χ3n) is 4.40. The predicted molar refractivity (Wildman–Crippen MR) is 83.8 cm³/mol. The van der Waals surface area contributed by atoms with Crippen molar-refractivity contribution in [3.05, 3.63) is 35.9 Å². The van der Waals surface area contributed by atoms with Crippen LogP contribution in [0.5, 0.6) is 0 Å². The van der Waals surface area contributed by atoms with E-state index in [9.17, 15) is 9.90 Å². The van der Waals surface area contributed by atoms with Crippen LogP contribution in [0.2, 0.25) is 0 Å². The topological polar surface area (TPSA) is 61.4 Å². The molecule has 0 radical (unpaired) electrons. The molecule has 3 atom stereocenters. The number of aliphatic hydroxyl groups excluding tert-OH is 1. The summed E-state index contributed by atoms with van der Waals surface area (Å²) in [6.07, 6.45) is 2.13. The quantitative estimate of drug-likeness (QED) is 0.751. The Morgan fingerprint density at radius 1 is 1.33 bits per heavy atom. The van der Waals surface area contributed by atoms with Crippen molar-refractivity contribution in [2.45, 2.75) is 51.3 Å². The summed E-state index contributed by atoms with van der Waals surface area (Å²) >= 11 is 0. The van der Waals surface area contributed by atoms with E-state index in [1.165, 1.54) is 0 Å². The minimum Gasteiger partial charge on any atom is -0.392 e. The minimum atomic E-state index is -0.413. The summed E-state index contributed by atoms with van der Waals surface area (Å²) in [7, 11) is 0. The molecule has 3 N–H and O–H groups in total. The van der Waals surface area contributed by atoms with Crippen LogP contribution in [0.25, 0.3) is 0 Å². The second-order valence-corrected chi connectivity index (χ2v) is 5.82. The zero-order chi connectivity index (χ0) is 15.2. The number of nitrogens with one attached hydrogen (secondary N) is 2. The molecule has 0 saturated carbocycles. The molecule has 1 fully saturated rings. The van der Waals surface area contributed by atoms with E-state index in [0.29, 0.717) is 18.9 Å². The van der Waals surface area contributed by atoms with Crippen molar-refractivity contribution in [2.24, 2.45) is 5.92 Å². The van der Waals surface area contributed by atoms with E-state index in [2.05, 4.69) is 36.6 Å². The van der Waals surface area contributed by atoms with Gasteiger partial charge < -0.3 is 15.7 Å². The van der Waals surface area contributed by atoms with Crippen LogP contribution >= 0.6 is 0 Å². The van der Waals surface area contributed by atoms with Crippen LogP contribution in [0.3, 0.4) is 0 Å².